The minimum atomic E-state index is -4.44. The van der Waals surface area contributed by atoms with Crippen LogP contribution in [0.5, 0.6) is 0 Å². The van der Waals surface area contributed by atoms with Crippen molar-refractivity contribution in [2.24, 2.45) is 0 Å². The minimum absolute atomic E-state index is 0.0663. The molecule has 0 amide bonds. The van der Waals surface area contributed by atoms with Gasteiger partial charge in [0.15, 0.2) is 0 Å². The van der Waals surface area contributed by atoms with Crippen molar-refractivity contribution in [1.82, 2.24) is 9.97 Å². The fraction of sp³-hybridized carbons (Fsp3) is 0.125. The Labute approximate surface area is 123 Å². The van der Waals surface area contributed by atoms with Crippen molar-refractivity contribution in [3.05, 3.63) is 64.2 Å². The number of nitrogens with one attached hydrogen (secondary N) is 1. The molecule has 112 valence electrons. The van der Waals surface area contributed by atoms with Crippen LogP contribution in [0.4, 0.5) is 13.2 Å². The molecule has 0 atom stereocenters. The summed E-state index contributed by atoms with van der Waals surface area (Å²) >= 11 is 0. The number of halogens is 3. The second kappa shape index (κ2) is 4.98. The first-order valence-corrected chi connectivity index (χ1v) is 6.53. The Morgan fingerprint density at radius 2 is 1.82 bits per heavy atom. The SMILES string of the molecule is Cc1nc2cc(-c3ccccc3C(F)(F)F)ccc2c(=O)[nH]1. The molecule has 3 nitrogen and oxygen atoms in total. The second-order valence-electron chi connectivity index (χ2n) is 4.93. The Kier molecular flexibility index (Phi) is 3.24. The molecule has 0 saturated heterocycles. The first kappa shape index (κ1) is 14.3. The molecule has 0 bridgehead atoms. The zero-order chi connectivity index (χ0) is 15.9. The third kappa shape index (κ3) is 2.47. The van der Waals surface area contributed by atoms with Crippen LogP contribution in [0, 0.1) is 6.92 Å². The van der Waals surface area contributed by atoms with Gasteiger partial charge in [-0.2, -0.15) is 13.2 Å². The van der Waals surface area contributed by atoms with Crippen LogP contribution in [0.3, 0.4) is 0 Å². The Morgan fingerprint density at radius 1 is 1.09 bits per heavy atom. The lowest BCUT2D eigenvalue weighted by molar-refractivity contribution is -0.137. The van der Waals surface area contributed by atoms with E-state index in [-0.39, 0.29) is 11.1 Å². The third-order valence-corrected chi connectivity index (χ3v) is 3.37. The van der Waals surface area contributed by atoms with E-state index >= 15 is 0 Å². The van der Waals surface area contributed by atoms with Crippen molar-refractivity contribution >= 4 is 10.9 Å². The highest BCUT2D eigenvalue weighted by Crippen LogP contribution is 2.37. The van der Waals surface area contributed by atoms with Gasteiger partial charge in [0.25, 0.3) is 5.56 Å². The number of aromatic nitrogens is 2. The fourth-order valence-corrected chi connectivity index (χ4v) is 2.41. The van der Waals surface area contributed by atoms with Gasteiger partial charge in [-0.3, -0.25) is 4.79 Å². The quantitative estimate of drug-likeness (QED) is 0.740. The summed E-state index contributed by atoms with van der Waals surface area (Å²) in [5, 5.41) is 0.346. The van der Waals surface area contributed by atoms with Crippen LogP contribution in [0.1, 0.15) is 11.4 Å². The summed E-state index contributed by atoms with van der Waals surface area (Å²) in [6, 6.07) is 9.83. The minimum Gasteiger partial charge on any atom is -0.310 e. The summed E-state index contributed by atoms with van der Waals surface area (Å²) < 4.78 is 39.3. The van der Waals surface area contributed by atoms with Gasteiger partial charge < -0.3 is 4.98 Å². The Morgan fingerprint density at radius 3 is 2.55 bits per heavy atom. The maximum atomic E-state index is 13.1. The molecule has 0 saturated carbocycles. The molecule has 22 heavy (non-hydrogen) atoms. The van der Waals surface area contributed by atoms with E-state index in [1.165, 1.54) is 30.3 Å². The predicted molar refractivity (Wildman–Crippen MR) is 77.5 cm³/mol. The number of alkyl halides is 3. The normalized spacial score (nSPS) is 11.8. The van der Waals surface area contributed by atoms with Crippen molar-refractivity contribution in [3.63, 3.8) is 0 Å². The highest BCUT2D eigenvalue weighted by molar-refractivity contribution is 5.84. The van der Waals surface area contributed by atoms with Crippen LogP contribution >= 0.6 is 0 Å². The van der Waals surface area contributed by atoms with Crippen LogP contribution in [0.15, 0.2) is 47.3 Å². The lowest BCUT2D eigenvalue weighted by Crippen LogP contribution is -2.10. The van der Waals surface area contributed by atoms with E-state index in [1.807, 2.05) is 0 Å². The van der Waals surface area contributed by atoms with Crippen LogP contribution in [0.25, 0.3) is 22.0 Å². The van der Waals surface area contributed by atoms with Crippen LogP contribution in [-0.2, 0) is 6.18 Å². The van der Waals surface area contributed by atoms with Crippen molar-refractivity contribution < 1.29 is 13.2 Å². The monoisotopic (exact) mass is 304 g/mol. The number of aryl methyl sites for hydroxylation is 1. The second-order valence-corrected chi connectivity index (χ2v) is 4.93. The van der Waals surface area contributed by atoms with Crippen LogP contribution in [0.2, 0.25) is 0 Å². The molecule has 0 aliphatic carbocycles. The molecule has 0 unspecified atom stereocenters. The van der Waals surface area contributed by atoms with Gasteiger partial charge in [0, 0.05) is 0 Å². The standard InChI is InChI=1S/C16H11F3N2O/c1-9-20-14-8-10(6-7-12(14)15(22)21-9)11-4-2-3-5-13(11)16(17,18)19/h2-8H,1H3,(H,20,21,22). The van der Waals surface area contributed by atoms with E-state index in [0.717, 1.165) is 6.07 Å². The molecule has 2 aromatic carbocycles. The summed E-state index contributed by atoms with van der Waals surface area (Å²) in [7, 11) is 0. The largest absolute Gasteiger partial charge is 0.417 e. The maximum Gasteiger partial charge on any atom is 0.417 e. The van der Waals surface area contributed by atoms with E-state index in [0.29, 0.717) is 22.3 Å². The average molecular weight is 304 g/mol. The van der Waals surface area contributed by atoms with Crippen molar-refractivity contribution in [2.75, 3.05) is 0 Å². The number of aromatic amines is 1. The van der Waals surface area contributed by atoms with Gasteiger partial charge in [0.05, 0.1) is 16.5 Å². The number of H-pyrrole nitrogens is 1. The molecular weight excluding hydrogens is 293 g/mol. The van der Waals surface area contributed by atoms with E-state index < -0.39 is 11.7 Å². The maximum absolute atomic E-state index is 13.1. The number of nitrogens with zero attached hydrogens (tertiary/aromatic N) is 1. The molecule has 3 aromatic rings. The molecule has 3 rings (SSSR count). The van der Waals surface area contributed by atoms with E-state index in [1.54, 1.807) is 13.0 Å². The van der Waals surface area contributed by atoms with Gasteiger partial charge in [-0.1, -0.05) is 24.3 Å². The Hall–Kier alpha value is -2.63. The molecule has 0 aliphatic rings. The van der Waals surface area contributed by atoms with Gasteiger partial charge in [0.2, 0.25) is 0 Å². The lowest BCUT2D eigenvalue weighted by Gasteiger charge is -2.13. The van der Waals surface area contributed by atoms with Crippen molar-refractivity contribution in [1.29, 1.82) is 0 Å². The Balaban J connectivity index is 2.26. The van der Waals surface area contributed by atoms with Gasteiger partial charge in [0.1, 0.15) is 5.82 Å². The van der Waals surface area contributed by atoms with Crippen LogP contribution < -0.4 is 5.56 Å². The third-order valence-electron chi connectivity index (χ3n) is 3.37. The lowest BCUT2D eigenvalue weighted by atomic mass is 9.98. The Bertz CT molecular complexity index is 913. The molecule has 6 heteroatoms. The van der Waals surface area contributed by atoms with E-state index in [9.17, 15) is 18.0 Å². The number of benzene rings is 2. The molecule has 1 heterocycles. The zero-order valence-corrected chi connectivity index (χ0v) is 11.5. The van der Waals surface area contributed by atoms with Crippen LogP contribution in [-0.4, -0.2) is 9.97 Å². The first-order valence-electron chi connectivity index (χ1n) is 6.53. The van der Waals surface area contributed by atoms with Crippen molar-refractivity contribution in [3.8, 4) is 11.1 Å². The van der Waals surface area contributed by atoms with E-state index in [2.05, 4.69) is 9.97 Å². The summed E-state index contributed by atoms with van der Waals surface area (Å²) in [6.45, 7) is 1.62. The number of hydrogen-bond donors (Lipinski definition) is 1. The smallest absolute Gasteiger partial charge is 0.310 e. The number of hydrogen-bond acceptors (Lipinski definition) is 2. The predicted octanol–water partition coefficient (Wildman–Crippen LogP) is 3.92. The van der Waals surface area contributed by atoms with Crippen molar-refractivity contribution in [2.45, 2.75) is 13.1 Å². The molecule has 1 aromatic heterocycles. The first-order chi connectivity index (χ1) is 10.4. The zero-order valence-electron chi connectivity index (χ0n) is 11.5. The molecule has 0 radical (unpaired) electrons. The molecule has 0 spiro atoms. The molecule has 0 aliphatic heterocycles. The van der Waals surface area contributed by atoms with E-state index in [4.69, 9.17) is 0 Å². The number of rotatable bonds is 1. The molecular formula is C16H11F3N2O. The molecule has 0 fully saturated rings. The van der Waals surface area contributed by atoms with Gasteiger partial charge in [-0.05, 0) is 36.2 Å². The fourth-order valence-electron chi connectivity index (χ4n) is 2.41. The van der Waals surface area contributed by atoms with Gasteiger partial charge in [-0.25, -0.2) is 4.98 Å². The van der Waals surface area contributed by atoms with Gasteiger partial charge in [-0.15, -0.1) is 0 Å². The summed E-state index contributed by atoms with van der Waals surface area (Å²) in [5.74, 6) is 0.416. The number of fused-ring (bicyclic) bond motifs is 1. The summed E-state index contributed by atoms with van der Waals surface area (Å²) in [6.07, 6.45) is -4.44. The average Bonchev–Trinajstić information content (AvgIpc) is 2.45. The highest BCUT2D eigenvalue weighted by Gasteiger charge is 2.33. The topological polar surface area (TPSA) is 45.8 Å². The molecule has 1 N–H and O–H groups in total. The van der Waals surface area contributed by atoms with Gasteiger partial charge >= 0.3 is 6.18 Å². The highest BCUT2D eigenvalue weighted by atomic mass is 19.4. The summed E-state index contributed by atoms with van der Waals surface area (Å²) in [5.41, 5.74) is -0.209. The summed E-state index contributed by atoms with van der Waals surface area (Å²) in [4.78, 5) is 18.5.